The van der Waals surface area contributed by atoms with Gasteiger partial charge in [-0.25, -0.2) is 4.79 Å². The van der Waals surface area contributed by atoms with Gasteiger partial charge in [0.2, 0.25) is 5.78 Å². The number of ketones is 2. The molecule has 0 aliphatic heterocycles. The Hall–Kier alpha value is -3.39. The van der Waals surface area contributed by atoms with Crippen molar-refractivity contribution in [2.45, 2.75) is 12.5 Å². The molecule has 2 aromatic heterocycles. The smallest absolute Gasteiger partial charge is 0.326 e. The maximum absolute atomic E-state index is 13.3. The average Bonchev–Trinajstić information content (AvgIpc) is 3.10. The quantitative estimate of drug-likeness (QED) is 0.495. The number of pyridine rings is 1. The number of aromatic nitrogens is 1. The molecule has 8 heteroatoms. The van der Waals surface area contributed by atoms with Gasteiger partial charge in [0, 0.05) is 17.3 Å². The lowest BCUT2D eigenvalue weighted by atomic mass is 9.86. The number of carboxylic acid groups (broad SMARTS) is 1. The van der Waals surface area contributed by atoms with Crippen LogP contribution in [-0.2, 0) is 4.79 Å². The number of amides is 1. The summed E-state index contributed by atoms with van der Waals surface area (Å²) < 4.78 is 1.53. The van der Waals surface area contributed by atoms with E-state index < -0.39 is 23.7 Å². The molecule has 1 amide bonds. The Kier molecular flexibility index (Phi) is 5.17. The van der Waals surface area contributed by atoms with Crippen LogP contribution in [0.2, 0.25) is 0 Å². The lowest BCUT2D eigenvalue weighted by molar-refractivity contribution is -0.139. The van der Waals surface area contributed by atoms with E-state index in [1.54, 1.807) is 48.7 Å². The summed E-state index contributed by atoms with van der Waals surface area (Å²) in [6.45, 7) is 0. The normalized spacial score (nSPS) is 13.6. The van der Waals surface area contributed by atoms with E-state index in [1.165, 1.54) is 16.2 Å². The Bertz CT molecular complexity index is 1210. The number of carbonyl (C=O) groups is 4. The molecule has 1 unspecified atom stereocenters. The van der Waals surface area contributed by atoms with E-state index in [4.69, 9.17) is 0 Å². The fourth-order valence-electron chi connectivity index (χ4n) is 3.75. The van der Waals surface area contributed by atoms with Gasteiger partial charge in [-0.2, -0.15) is 11.8 Å². The minimum absolute atomic E-state index is 0.0106. The Morgan fingerprint density at radius 2 is 1.73 bits per heavy atom. The Labute approximate surface area is 176 Å². The van der Waals surface area contributed by atoms with Crippen molar-refractivity contribution in [2.24, 2.45) is 0 Å². The van der Waals surface area contributed by atoms with Gasteiger partial charge in [0.1, 0.15) is 11.7 Å². The predicted molar refractivity (Wildman–Crippen MR) is 113 cm³/mol. The molecule has 1 aliphatic rings. The van der Waals surface area contributed by atoms with Gasteiger partial charge in [0.05, 0.1) is 16.6 Å². The van der Waals surface area contributed by atoms with E-state index in [0.717, 1.165) is 0 Å². The van der Waals surface area contributed by atoms with E-state index in [-0.39, 0.29) is 40.2 Å². The van der Waals surface area contributed by atoms with Gasteiger partial charge in [-0.05, 0) is 30.6 Å². The van der Waals surface area contributed by atoms with Crippen LogP contribution in [0.5, 0.6) is 0 Å². The molecule has 0 fully saturated rings. The first-order valence-corrected chi connectivity index (χ1v) is 10.7. The van der Waals surface area contributed by atoms with Crippen molar-refractivity contribution in [3.63, 3.8) is 0 Å². The third-order valence-electron chi connectivity index (χ3n) is 5.14. The van der Waals surface area contributed by atoms with Crippen LogP contribution in [0.4, 0.5) is 0 Å². The molecule has 30 heavy (non-hydrogen) atoms. The van der Waals surface area contributed by atoms with Gasteiger partial charge in [-0.3, -0.25) is 14.4 Å². The Morgan fingerprint density at radius 1 is 1.07 bits per heavy atom. The number of carboxylic acids is 1. The van der Waals surface area contributed by atoms with Crippen molar-refractivity contribution in [3.05, 3.63) is 76.6 Å². The number of aliphatic carboxylic acids is 1. The predicted octanol–water partition coefficient (Wildman–Crippen LogP) is 2.65. The molecular formula is C22H18N2O5S. The van der Waals surface area contributed by atoms with Crippen LogP contribution in [0.15, 0.2) is 48.7 Å². The van der Waals surface area contributed by atoms with Gasteiger partial charge in [0.15, 0.2) is 5.78 Å². The maximum Gasteiger partial charge on any atom is 0.326 e. The van der Waals surface area contributed by atoms with Crippen LogP contribution in [0.1, 0.15) is 48.8 Å². The number of benzene rings is 1. The molecule has 0 bridgehead atoms. The summed E-state index contributed by atoms with van der Waals surface area (Å²) in [7, 11) is 0. The van der Waals surface area contributed by atoms with Crippen LogP contribution in [-0.4, -0.2) is 51.0 Å². The summed E-state index contributed by atoms with van der Waals surface area (Å²) in [4.78, 5) is 51.2. The Morgan fingerprint density at radius 3 is 2.40 bits per heavy atom. The SMILES string of the molecule is CSCCC(NC(=O)c1c2c(n3ccccc13)C(=O)c1ccccc1C2=O)C(=O)O. The van der Waals surface area contributed by atoms with E-state index in [1.807, 2.05) is 6.26 Å². The third-order valence-corrected chi connectivity index (χ3v) is 5.79. The number of rotatable bonds is 6. The van der Waals surface area contributed by atoms with Gasteiger partial charge in [-0.15, -0.1) is 0 Å². The lowest BCUT2D eigenvalue weighted by Crippen LogP contribution is -2.41. The summed E-state index contributed by atoms with van der Waals surface area (Å²) in [6, 6.07) is 10.4. The summed E-state index contributed by atoms with van der Waals surface area (Å²) >= 11 is 1.47. The van der Waals surface area contributed by atoms with Crippen molar-refractivity contribution in [1.29, 1.82) is 0 Å². The van der Waals surface area contributed by atoms with E-state index in [2.05, 4.69) is 5.32 Å². The number of thioether (sulfide) groups is 1. The van der Waals surface area contributed by atoms with E-state index in [0.29, 0.717) is 11.3 Å². The van der Waals surface area contributed by atoms with Crippen molar-refractivity contribution in [2.75, 3.05) is 12.0 Å². The molecule has 1 atom stereocenters. The highest BCUT2D eigenvalue weighted by Gasteiger charge is 2.38. The van der Waals surface area contributed by atoms with Gasteiger partial charge in [0.25, 0.3) is 5.91 Å². The molecule has 152 valence electrons. The van der Waals surface area contributed by atoms with Crippen molar-refractivity contribution in [1.82, 2.24) is 9.72 Å². The molecule has 4 rings (SSSR count). The summed E-state index contributed by atoms with van der Waals surface area (Å²) in [5, 5.41) is 12.0. The molecule has 2 N–H and O–H groups in total. The van der Waals surface area contributed by atoms with Crippen LogP contribution < -0.4 is 5.32 Å². The first-order valence-electron chi connectivity index (χ1n) is 9.29. The third kappa shape index (κ3) is 3.09. The van der Waals surface area contributed by atoms with Crippen LogP contribution in [0.3, 0.4) is 0 Å². The molecule has 1 aliphatic carbocycles. The van der Waals surface area contributed by atoms with Crippen LogP contribution >= 0.6 is 11.8 Å². The number of carbonyl (C=O) groups excluding carboxylic acids is 3. The van der Waals surface area contributed by atoms with Gasteiger partial charge < -0.3 is 14.8 Å². The molecule has 0 spiro atoms. The monoisotopic (exact) mass is 422 g/mol. The fraction of sp³-hybridized carbons (Fsp3) is 0.182. The first kappa shape index (κ1) is 19.9. The first-order chi connectivity index (χ1) is 14.5. The topological polar surface area (TPSA) is 105 Å². The molecule has 3 aromatic rings. The number of nitrogens with zero attached hydrogens (tertiary/aromatic N) is 1. The highest BCUT2D eigenvalue weighted by atomic mass is 32.2. The van der Waals surface area contributed by atoms with Crippen molar-refractivity contribution in [3.8, 4) is 0 Å². The van der Waals surface area contributed by atoms with Crippen LogP contribution in [0, 0.1) is 0 Å². The molecule has 0 radical (unpaired) electrons. The number of hydrogen-bond donors (Lipinski definition) is 2. The second kappa shape index (κ2) is 7.79. The summed E-state index contributed by atoms with van der Waals surface area (Å²) in [6.07, 6.45) is 3.71. The highest BCUT2D eigenvalue weighted by Crippen LogP contribution is 2.33. The Balaban J connectivity index is 1.88. The molecule has 7 nitrogen and oxygen atoms in total. The van der Waals surface area contributed by atoms with E-state index in [9.17, 15) is 24.3 Å². The second-order valence-corrected chi connectivity index (χ2v) is 7.89. The zero-order valence-corrected chi connectivity index (χ0v) is 16.9. The summed E-state index contributed by atoms with van der Waals surface area (Å²) in [5.74, 6) is -2.06. The van der Waals surface area contributed by atoms with Crippen molar-refractivity contribution >= 4 is 40.7 Å². The number of hydrogen-bond acceptors (Lipinski definition) is 5. The standard InChI is InChI=1S/C22H18N2O5S/c1-30-11-9-14(22(28)29)23-21(27)16-15-8-4-5-10-24(15)18-17(16)19(25)12-6-2-3-7-13(12)20(18)26/h2-8,10,14H,9,11H2,1H3,(H,23,27)(H,28,29). The number of nitrogens with one attached hydrogen (secondary N) is 1. The largest absolute Gasteiger partial charge is 0.480 e. The van der Waals surface area contributed by atoms with Crippen molar-refractivity contribution < 1.29 is 24.3 Å². The van der Waals surface area contributed by atoms with Gasteiger partial charge >= 0.3 is 5.97 Å². The lowest BCUT2D eigenvalue weighted by Gasteiger charge is -2.17. The molecule has 0 saturated heterocycles. The fourth-order valence-corrected chi connectivity index (χ4v) is 4.22. The minimum atomic E-state index is -1.15. The number of fused-ring (bicyclic) bond motifs is 4. The average molecular weight is 422 g/mol. The van der Waals surface area contributed by atoms with E-state index >= 15 is 0 Å². The molecular weight excluding hydrogens is 404 g/mol. The zero-order valence-electron chi connectivity index (χ0n) is 16.0. The zero-order chi connectivity index (χ0) is 21.4. The maximum atomic E-state index is 13.3. The second-order valence-electron chi connectivity index (χ2n) is 6.90. The highest BCUT2D eigenvalue weighted by molar-refractivity contribution is 7.98. The molecule has 2 heterocycles. The van der Waals surface area contributed by atoms with Gasteiger partial charge in [-0.1, -0.05) is 30.3 Å². The molecule has 1 aromatic carbocycles. The summed E-state index contributed by atoms with van der Waals surface area (Å²) in [5.41, 5.74) is 1.05. The minimum Gasteiger partial charge on any atom is -0.480 e. The molecule has 0 saturated carbocycles. The van der Waals surface area contributed by atoms with Crippen LogP contribution in [0.25, 0.3) is 5.52 Å².